The van der Waals surface area contributed by atoms with Gasteiger partial charge in [0, 0.05) is 25.2 Å². The monoisotopic (exact) mass is 251 g/mol. The number of hydrogen-bond acceptors (Lipinski definition) is 4. The zero-order valence-corrected chi connectivity index (χ0v) is 10.3. The van der Waals surface area contributed by atoms with Crippen LogP contribution in [0.1, 0.15) is 17.4 Å². The lowest BCUT2D eigenvalue weighted by molar-refractivity contribution is -0.0301. The molecule has 0 bridgehead atoms. The van der Waals surface area contributed by atoms with Gasteiger partial charge in [0.25, 0.3) is 5.91 Å². The van der Waals surface area contributed by atoms with Gasteiger partial charge < -0.3 is 20.4 Å². The zero-order valence-electron chi connectivity index (χ0n) is 10.3. The third-order valence-corrected chi connectivity index (χ3v) is 2.97. The van der Waals surface area contributed by atoms with Crippen LogP contribution in [0.15, 0.2) is 23.0 Å². The second kappa shape index (κ2) is 5.32. The molecule has 0 aromatic carbocycles. The van der Waals surface area contributed by atoms with Crippen LogP contribution >= 0.6 is 0 Å². The van der Waals surface area contributed by atoms with Crippen LogP contribution in [0.2, 0.25) is 0 Å². The predicted molar refractivity (Wildman–Crippen MR) is 66.4 cm³/mol. The van der Waals surface area contributed by atoms with Crippen molar-refractivity contribution in [1.82, 2.24) is 9.88 Å². The number of rotatable bonds is 2. The highest BCUT2D eigenvalue weighted by molar-refractivity contribution is 5.92. The normalized spacial score (nSPS) is 21.7. The molecule has 0 saturated carbocycles. The van der Waals surface area contributed by atoms with Gasteiger partial charge in [-0.2, -0.15) is 0 Å². The molecule has 1 aliphatic heterocycles. The molecular weight excluding hydrogens is 234 g/mol. The number of nitrogens with one attached hydrogen (secondary N) is 1. The molecule has 6 heteroatoms. The minimum Gasteiger partial charge on any atom is -0.373 e. The molecule has 2 atom stereocenters. The van der Waals surface area contributed by atoms with E-state index in [1.165, 1.54) is 6.07 Å². The first-order chi connectivity index (χ1) is 8.58. The van der Waals surface area contributed by atoms with Crippen LogP contribution in [-0.4, -0.2) is 47.6 Å². The molecule has 1 saturated heterocycles. The van der Waals surface area contributed by atoms with Gasteiger partial charge in [0.1, 0.15) is 5.69 Å². The van der Waals surface area contributed by atoms with Gasteiger partial charge in [-0.1, -0.05) is 6.07 Å². The second-order valence-corrected chi connectivity index (χ2v) is 4.45. The number of amides is 1. The van der Waals surface area contributed by atoms with E-state index in [-0.39, 0.29) is 23.6 Å². The van der Waals surface area contributed by atoms with E-state index in [1.54, 1.807) is 17.0 Å². The summed E-state index contributed by atoms with van der Waals surface area (Å²) in [6.07, 6.45) is -0.155. The summed E-state index contributed by atoms with van der Waals surface area (Å²) in [5.41, 5.74) is 5.79. The Bertz CT molecular complexity index is 483. The number of nitrogens with two attached hydrogens (primary N) is 1. The van der Waals surface area contributed by atoms with Crippen molar-refractivity contribution in [2.75, 3.05) is 19.7 Å². The Morgan fingerprint density at radius 2 is 2.39 bits per heavy atom. The van der Waals surface area contributed by atoms with Crippen LogP contribution in [0.3, 0.4) is 0 Å². The molecule has 1 aliphatic rings. The van der Waals surface area contributed by atoms with E-state index in [0.29, 0.717) is 25.4 Å². The maximum Gasteiger partial charge on any atom is 0.270 e. The van der Waals surface area contributed by atoms with Crippen LogP contribution in [0.5, 0.6) is 0 Å². The fourth-order valence-corrected chi connectivity index (χ4v) is 1.92. The highest BCUT2D eigenvalue weighted by Crippen LogP contribution is 2.10. The summed E-state index contributed by atoms with van der Waals surface area (Å²) in [6, 6.07) is 4.41. The maximum absolute atomic E-state index is 12.2. The number of ether oxygens (including phenoxy) is 1. The van der Waals surface area contributed by atoms with Crippen LogP contribution in [0.4, 0.5) is 0 Å². The molecule has 1 fully saturated rings. The lowest BCUT2D eigenvalue weighted by atomic mass is 10.1. The lowest BCUT2D eigenvalue weighted by Gasteiger charge is -2.34. The molecule has 6 nitrogen and oxygen atoms in total. The Kier molecular flexibility index (Phi) is 3.78. The average molecular weight is 251 g/mol. The van der Waals surface area contributed by atoms with Gasteiger partial charge in [0.05, 0.1) is 12.7 Å². The zero-order chi connectivity index (χ0) is 13.1. The standard InChI is InChI=1S/C12H17N3O3/c1-8(13)10-7-15(5-6-18-10)12(17)9-3-2-4-11(16)14-9/h2-4,8,10H,5-7,13H2,1H3,(H,14,16). The van der Waals surface area contributed by atoms with Crippen LogP contribution in [0, 0.1) is 0 Å². The van der Waals surface area contributed by atoms with Crippen molar-refractivity contribution in [3.05, 3.63) is 34.2 Å². The molecule has 1 aromatic heterocycles. The van der Waals surface area contributed by atoms with E-state index in [9.17, 15) is 9.59 Å². The van der Waals surface area contributed by atoms with Gasteiger partial charge in [-0.05, 0) is 13.0 Å². The third-order valence-electron chi connectivity index (χ3n) is 2.97. The molecular formula is C12H17N3O3. The molecule has 1 aromatic rings. The van der Waals surface area contributed by atoms with Crippen molar-refractivity contribution in [1.29, 1.82) is 0 Å². The molecule has 98 valence electrons. The summed E-state index contributed by atoms with van der Waals surface area (Å²) in [7, 11) is 0. The highest BCUT2D eigenvalue weighted by atomic mass is 16.5. The highest BCUT2D eigenvalue weighted by Gasteiger charge is 2.27. The quantitative estimate of drug-likeness (QED) is 0.746. The maximum atomic E-state index is 12.2. The first-order valence-electron chi connectivity index (χ1n) is 5.93. The molecule has 2 heterocycles. The molecule has 18 heavy (non-hydrogen) atoms. The van der Waals surface area contributed by atoms with Gasteiger partial charge in [-0.3, -0.25) is 9.59 Å². The Hall–Kier alpha value is -1.66. The topological polar surface area (TPSA) is 88.4 Å². The molecule has 0 spiro atoms. The number of carbonyl (C=O) groups is 1. The number of H-pyrrole nitrogens is 1. The van der Waals surface area contributed by atoms with E-state index in [2.05, 4.69) is 4.98 Å². The van der Waals surface area contributed by atoms with Gasteiger partial charge in [-0.15, -0.1) is 0 Å². The van der Waals surface area contributed by atoms with E-state index in [4.69, 9.17) is 10.5 Å². The number of aromatic amines is 1. The summed E-state index contributed by atoms with van der Waals surface area (Å²) in [4.78, 5) is 27.5. The molecule has 0 radical (unpaired) electrons. The van der Waals surface area contributed by atoms with Crippen molar-refractivity contribution >= 4 is 5.91 Å². The minimum atomic E-state index is -0.280. The number of carbonyl (C=O) groups excluding carboxylic acids is 1. The van der Waals surface area contributed by atoms with Crippen molar-refractivity contribution in [2.24, 2.45) is 5.73 Å². The van der Waals surface area contributed by atoms with Crippen molar-refractivity contribution < 1.29 is 9.53 Å². The summed E-state index contributed by atoms with van der Waals surface area (Å²) >= 11 is 0. The van der Waals surface area contributed by atoms with Gasteiger partial charge in [0.15, 0.2) is 0 Å². The Morgan fingerprint density at radius 1 is 1.61 bits per heavy atom. The van der Waals surface area contributed by atoms with Crippen LogP contribution in [-0.2, 0) is 4.74 Å². The van der Waals surface area contributed by atoms with E-state index in [1.807, 2.05) is 6.92 Å². The Morgan fingerprint density at radius 3 is 3.06 bits per heavy atom. The van der Waals surface area contributed by atoms with Crippen molar-refractivity contribution in [3.8, 4) is 0 Å². The fraction of sp³-hybridized carbons (Fsp3) is 0.500. The number of hydrogen-bond donors (Lipinski definition) is 2. The first-order valence-corrected chi connectivity index (χ1v) is 5.93. The molecule has 0 aliphatic carbocycles. The van der Waals surface area contributed by atoms with Crippen molar-refractivity contribution in [3.63, 3.8) is 0 Å². The molecule has 2 rings (SSSR count). The first kappa shape index (κ1) is 12.8. The van der Waals surface area contributed by atoms with Crippen molar-refractivity contribution in [2.45, 2.75) is 19.1 Å². The van der Waals surface area contributed by atoms with Crippen LogP contribution < -0.4 is 11.3 Å². The summed E-state index contributed by atoms with van der Waals surface area (Å²) in [5.74, 6) is -0.193. The number of aromatic nitrogens is 1. The Balaban J connectivity index is 2.11. The Labute approximate surface area is 105 Å². The number of nitrogens with zero attached hydrogens (tertiary/aromatic N) is 1. The average Bonchev–Trinajstić information content (AvgIpc) is 2.38. The smallest absolute Gasteiger partial charge is 0.270 e. The lowest BCUT2D eigenvalue weighted by Crippen LogP contribution is -2.51. The summed E-state index contributed by atoms with van der Waals surface area (Å²) < 4.78 is 5.49. The summed E-state index contributed by atoms with van der Waals surface area (Å²) in [6.45, 7) is 3.28. The predicted octanol–water partition coefficient (Wildman–Crippen LogP) is -0.437. The van der Waals surface area contributed by atoms with Gasteiger partial charge >= 0.3 is 0 Å². The number of pyridine rings is 1. The second-order valence-electron chi connectivity index (χ2n) is 4.45. The number of morpholine rings is 1. The molecule has 2 unspecified atom stereocenters. The van der Waals surface area contributed by atoms with Gasteiger partial charge in [-0.25, -0.2) is 0 Å². The molecule has 3 N–H and O–H groups in total. The third kappa shape index (κ3) is 2.77. The van der Waals surface area contributed by atoms with Gasteiger partial charge in [0.2, 0.25) is 5.56 Å². The summed E-state index contributed by atoms with van der Waals surface area (Å²) in [5, 5.41) is 0. The SMILES string of the molecule is CC(N)C1CN(C(=O)c2cccc(=O)[nH]2)CCO1. The minimum absolute atomic E-state index is 0.129. The fourth-order valence-electron chi connectivity index (χ4n) is 1.92. The van der Waals surface area contributed by atoms with E-state index in [0.717, 1.165) is 0 Å². The van der Waals surface area contributed by atoms with E-state index < -0.39 is 0 Å². The van der Waals surface area contributed by atoms with Crippen LogP contribution in [0.25, 0.3) is 0 Å². The molecule has 1 amide bonds. The van der Waals surface area contributed by atoms with E-state index >= 15 is 0 Å². The largest absolute Gasteiger partial charge is 0.373 e.